The van der Waals surface area contributed by atoms with Crippen molar-refractivity contribution < 1.29 is 9.90 Å². The number of hydrogen-bond acceptors (Lipinski definition) is 2. The molecule has 1 atom stereocenters. The Hall–Kier alpha value is -1.35. The molecular formula is C16H23NO2. The number of aliphatic hydroxyl groups excluding tert-OH is 1. The highest BCUT2D eigenvalue weighted by Crippen LogP contribution is 2.23. The zero-order valence-electron chi connectivity index (χ0n) is 11.5. The smallest absolute Gasteiger partial charge is 0.227 e. The van der Waals surface area contributed by atoms with E-state index in [0.29, 0.717) is 5.92 Å². The lowest BCUT2D eigenvalue weighted by molar-refractivity contribution is -0.122. The molecule has 0 bridgehead atoms. The number of rotatable bonds is 4. The summed E-state index contributed by atoms with van der Waals surface area (Å²) in [6, 6.07) is 9.85. The lowest BCUT2D eigenvalue weighted by Crippen LogP contribution is -2.34. The van der Waals surface area contributed by atoms with E-state index in [0.717, 1.165) is 37.8 Å². The largest absolute Gasteiger partial charge is 0.393 e. The summed E-state index contributed by atoms with van der Waals surface area (Å²) in [6.45, 7) is 2.68. The van der Waals surface area contributed by atoms with Crippen molar-refractivity contribution in [1.29, 1.82) is 0 Å². The summed E-state index contributed by atoms with van der Waals surface area (Å²) in [5, 5.41) is 12.5. The predicted octanol–water partition coefficient (Wildman–Crippen LogP) is 2.46. The summed E-state index contributed by atoms with van der Waals surface area (Å²) in [4.78, 5) is 12.1. The van der Waals surface area contributed by atoms with Crippen LogP contribution < -0.4 is 5.32 Å². The molecule has 0 aromatic heterocycles. The number of carbonyl (C=O) groups is 1. The summed E-state index contributed by atoms with van der Waals surface area (Å²) in [5.74, 6) is 0.517. The minimum atomic E-state index is -0.129. The molecule has 1 unspecified atom stereocenters. The first-order chi connectivity index (χ1) is 9.16. The minimum Gasteiger partial charge on any atom is -0.393 e. The molecule has 0 heterocycles. The van der Waals surface area contributed by atoms with Crippen LogP contribution in [-0.2, 0) is 4.79 Å². The quantitative estimate of drug-likeness (QED) is 0.874. The van der Waals surface area contributed by atoms with Crippen molar-refractivity contribution in [3.05, 3.63) is 35.9 Å². The monoisotopic (exact) mass is 261 g/mol. The highest BCUT2D eigenvalue weighted by Gasteiger charge is 2.21. The summed E-state index contributed by atoms with van der Waals surface area (Å²) < 4.78 is 0. The maximum absolute atomic E-state index is 12.1. The maximum Gasteiger partial charge on any atom is 0.227 e. The van der Waals surface area contributed by atoms with Crippen LogP contribution >= 0.6 is 0 Å². The van der Waals surface area contributed by atoms with Gasteiger partial charge in [-0.25, -0.2) is 0 Å². The van der Waals surface area contributed by atoms with E-state index in [1.807, 2.05) is 37.3 Å². The lowest BCUT2D eigenvalue weighted by atomic mass is 9.87. The van der Waals surface area contributed by atoms with Gasteiger partial charge in [-0.2, -0.15) is 0 Å². The van der Waals surface area contributed by atoms with Crippen LogP contribution in [0.2, 0.25) is 0 Å². The molecular weight excluding hydrogens is 238 g/mol. The van der Waals surface area contributed by atoms with Crippen molar-refractivity contribution in [3.63, 3.8) is 0 Å². The molecule has 0 radical (unpaired) electrons. The van der Waals surface area contributed by atoms with Crippen molar-refractivity contribution in [1.82, 2.24) is 5.32 Å². The Morgan fingerprint density at radius 2 is 1.89 bits per heavy atom. The average molecular weight is 261 g/mol. The van der Waals surface area contributed by atoms with E-state index in [-0.39, 0.29) is 17.9 Å². The molecule has 104 valence electrons. The first-order valence-corrected chi connectivity index (χ1v) is 7.17. The second-order valence-corrected chi connectivity index (χ2v) is 5.55. The molecule has 1 aromatic rings. The van der Waals surface area contributed by atoms with Crippen molar-refractivity contribution in [3.8, 4) is 0 Å². The third-order valence-electron chi connectivity index (χ3n) is 4.07. The van der Waals surface area contributed by atoms with E-state index in [9.17, 15) is 9.90 Å². The van der Waals surface area contributed by atoms with Gasteiger partial charge in [0.15, 0.2) is 0 Å². The molecule has 3 nitrogen and oxygen atoms in total. The van der Waals surface area contributed by atoms with Gasteiger partial charge in [-0.3, -0.25) is 4.79 Å². The standard InChI is InChI=1S/C16H23NO2/c1-12(14-5-3-2-4-6-14)16(19)17-11-13-7-9-15(18)10-8-13/h2-6,12-13,15,18H,7-11H2,1H3,(H,17,19). The number of benzene rings is 1. The highest BCUT2D eigenvalue weighted by atomic mass is 16.3. The Balaban J connectivity index is 1.78. The first kappa shape index (κ1) is 14.1. The fourth-order valence-electron chi connectivity index (χ4n) is 2.64. The number of amides is 1. The van der Waals surface area contributed by atoms with Crippen LogP contribution in [0.5, 0.6) is 0 Å². The minimum absolute atomic E-state index is 0.0947. The van der Waals surface area contributed by atoms with E-state index in [4.69, 9.17) is 0 Å². The van der Waals surface area contributed by atoms with Crippen LogP contribution in [0.15, 0.2) is 30.3 Å². The van der Waals surface area contributed by atoms with Crippen LogP contribution in [0.3, 0.4) is 0 Å². The molecule has 2 N–H and O–H groups in total. The summed E-state index contributed by atoms with van der Waals surface area (Å²) in [6.07, 6.45) is 3.64. The molecule has 3 heteroatoms. The van der Waals surface area contributed by atoms with Gasteiger partial charge in [-0.05, 0) is 44.1 Å². The second-order valence-electron chi connectivity index (χ2n) is 5.55. The Morgan fingerprint density at radius 1 is 1.26 bits per heavy atom. The van der Waals surface area contributed by atoms with Crippen molar-refractivity contribution in [2.75, 3.05) is 6.54 Å². The molecule has 1 fully saturated rings. The number of aliphatic hydroxyl groups is 1. The third kappa shape index (κ3) is 4.06. The van der Waals surface area contributed by atoms with Crippen LogP contribution in [0.25, 0.3) is 0 Å². The maximum atomic E-state index is 12.1. The zero-order chi connectivity index (χ0) is 13.7. The van der Waals surface area contributed by atoms with Crippen LogP contribution in [0.4, 0.5) is 0 Å². The van der Waals surface area contributed by atoms with E-state index in [1.54, 1.807) is 0 Å². The zero-order valence-corrected chi connectivity index (χ0v) is 11.5. The second kappa shape index (κ2) is 6.71. The average Bonchev–Trinajstić information content (AvgIpc) is 2.46. The molecule has 2 rings (SSSR count). The van der Waals surface area contributed by atoms with Gasteiger partial charge in [-0.1, -0.05) is 30.3 Å². The van der Waals surface area contributed by atoms with Gasteiger partial charge in [0.1, 0.15) is 0 Å². The predicted molar refractivity (Wildman–Crippen MR) is 75.8 cm³/mol. The third-order valence-corrected chi connectivity index (χ3v) is 4.07. The van der Waals surface area contributed by atoms with Crippen molar-refractivity contribution >= 4 is 5.91 Å². The Kier molecular flexibility index (Phi) is 4.97. The van der Waals surface area contributed by atoms with Gasteiger partial charge in [0.2, 0.25) is 5.91 Å². The Labute approximate surface area is 115 Å². The van der Waals surface area contributed by atoms with Crippen LogP contribution in [0.1, 0.15) is 44.1 Å². The Bertz CT molecular complexity index is 396. The van der Waals surface area contributed by atoms with Gasteiger partial charge in [0.05, 0.1) is 12.0 Å². The van der Waals surface area contributed by atoms with E-state index < -0.39 is 0 Å². The molecule has 1 saturated carbocycles. The normalized spacial score (nSPS) is 24.7. The number of nitrogens with one attached hydrogen (secondary N) is 1. The van der Waals surface area contributed by atoms with E-state index in [1.165, 1.54) is 0 Å². The Morgan fingerprint density at radius 3 is 2.53 bits per heavy atom. The molecule has 1 aliphatic carbocycles. The van der Waals surface area contributed by atoms with Gasteiger partial charge in [0, 0.05) is 6.54 Å². The van der Waals surface area contributed by atoms with Crippen molar-refractivity contribution in [2.45, 2.75) is 44.6 Å². The van der Waals surface area contributed by atoms with Gasteiger partial charge >= 0.3 is 0 Å². The molecule has 0 spiro atoms. The summed E-state index contributed by atoms with van der Waals surface area (Å²) >= 11 is 0. The first-order valence-electron chi connectivity index (χ1n) is 7.17. The molecule has 1 amide bonds. The van der Waals surface area contributed by atoms with Crippen LogP contribution in [0, 0.1) is 5.92 Å². The molecule has 1 aliphatic rings. The topological polar surface area (TPSA) is 49.3 Å². The SMILES string of the molecule is CC(C(=O)NCC1CCC(O)CC1)c1ccccc1. The fourth-order valence-corrected chi connectivity index (χ4v) is 2.64. The number of carbonyl (C=O) groups excluding carboxylic acids is 1. The summed E-state index contributed by atoms with van der Waals surface area (Å²) in [5.41, 5.74) is 1.05. The number of hydrogen-bond donors (Lipinski definition) is 2. The fraction of sp³-hybridized carbons (Fsp3) is 0.562. The van der Waals surface area contributed by atoms with E-state index in [2.05, 4.69) is 5.32 Å². The van der Waals surface area contributed by atoms with Gasteiger partial charge in [-0.15, -0.1) is 0 Å². The highest BCUT2D eigenvalue weighted by molar-refractivity contribution is 5.83. The molecule has 1 aromatic carbocycles. The van der Waals surface area contributed by atoms with Gasteiger partial charge in [0.25, 0.3) is 0 Å². The summed E-state index contributed by atoms with van der Waals surface area (Å²) in [7, 11) is 0. The molecule has 0 aliphatic heterocycles. The molecule has 0 saturated heterocycles. The molecule has 19 heavy (non-hydrogen) atoms. The lowest BCUT2D eigenvalue weighted by Gasteiger charge is -2.26. The van der Waals surface area contributed by atoms with Crippen LogP contribution in [-0.4, -0.2) is 23.7 Å². The van der Waals surface area contributed by atoms with Crippen molar-refractivity contribution in [2.24, 2.45) is 5.92 Å². The van der Waals surface area contributed by atoms with E-state index >= 15 is 0 Å². The van der Waals surface area contributed by atoms with Gasteiger partial charge < -0.3 is 10.4 Å².